The number of Topliss-reactive ketones (excluding diaryl/α,β-unsaturated/α-hetero) is 1. The van der Waals surface area contributed by atoms with Gasteiger partial charge in [0.2, 0.25) is 0 Å². The molecule has 3 aromatic rings. The van der Waals surface area contributed by atoms with Gasteiger partial charge in [-0.05, 0) is 67.1 Å². The molecule has 0 unspecified atom stereocenters. The van der Waals surface area contributed by atoms with Gasteiger partial charge in [0, 0.05) is 36.2 Å². The van der Waals surface area contributed by atoms with Gasteiger partial charge in [0.1, 0.15) is 12.4 Å². The van der Waals surface area contributed by atoms with Crippen LogP contribution in [0.4, 0.5) is 0 Å². The minimum atomic E-state index is -0.700. The van der Waals surface area contributed by atoms with E-state index in [1.54, 1.807) is 25.3 Å². The number of rotatable bonds is 9. The number of benzene rings is 3. The topological polar surface area (TPSA) is 100 Å². The summed E-state index contributed by atoms with van der Waals surface area (Å²) < 4.78 is 22.3. The third-order valence-electron chi connectivity index (χ3n) is 7.70. The zero-order valence-electron chi connectivity index (χ0n) is 24.8. The van der Waals surface area contributed by atoms with Crippen LogP contribution in [0.15, 0.2) is 95.3 Å². The standard InChI is InChI=1S/C35H35NO7/c1-5-41-31-19-25(13-16-30(31)43-22(3)37)33-32(35(39)42-20-23-9-7-6-8-10-23)21(2)36-28-17-26(18-29(38)34(28)33)24-11-14-27(40-4)15-12-24/h6-16,19,26,33,36H,5,17-18,20H2,1-4H3/t26-,33-/m1/s1. The predicted molar refractivity (Wildman–Crippen MR) is 161 cm³/mol. The molecule has 0 saturated heterocycles. The van der Waals surface area contributed by atoms with Crippen LogP contribution in [0.25, 0.3) is 0 Å². The maximum atomic E-state index is 14.0. The highest BCUT2D eigenvalue weighted by Crippen LogP contribution is 2.47. The van der Waals surface area contributed by atoms with Crippen LogP contribution in [0.2, 0.25) is 0 Å². The zero-order valence-corrected chi connectivity index (χ0v) is 24.8. The Morgan fingerprint density at radius 2 is 1.65 bits per heavy atom. The first-order valence-corrected chi connectivity index (χ1v) is 14.3. The molecule has 0 spiro atoms. The van der Waals surface area contributed by atoms with Crippen LogP contribution in [0.3, 0.4) is 0 Å². The number of hydrogen-bond donors (Lipinski definition) is 1. The molecule has 1 heterocycles. The van der Waals surface area contributed by atoms with Crippen molar-refractivity contribution in [1.82, 2.24) is 5.32 Å². The second kappa shape index (κ2) is 13.0. The molecule has 0 bridgehead atoms. The fourth-order valence-electron chi connectivity index (χ4n) is 5.77. The monoisotopic (exact) mass is 581 g/mol. The average molecular weight is 582 g/mol. The van der Waals surface area contributed by atoms with Crippen molar-refractivity contribution in [3.05, 3.63) is 112 Å². The molecule has 8 nitrogen and oxygen atoms in total. The molecule has 2 atom stereocenters. The van der Waals surface area contributed by atoms with Crippen molar-refractivity contribution in [3.8, 4) is 17.2 Å². The number of esters is 2. The van der Waals surface area contributed by atoms with Crippen molar-refractivity contribution in [1.29, 1.82) is 0 Å². The molecule has 0 amide bonds. The van der Waals surface area contributed by atoms with E-state index in [4.69, 9.17) is 18.9 Å². The van der Waals surface area contributed by atoms with Crippen LogP contribution < -0.4 is 19.5 Å². The molecule has 5 rings (SSSR count). The summed E-state index contributed by atoms with van der Waals surface area (Å²) in [4.78, 5) is 39.5. The fraction of sp³-hybridized carbons (Fsp3) is 0.286. The maximum absolute atomic E-state index is 14.0. The smallest absolute Gasteiger partial charge is 0.337 e. The van der Waals surface area contributed by atoms with Crippen LogP contribution in [0.1, 0.15) is 62.1 Å². The third-order valence-corrected chi connectivity index (χ3v) is 7.70. The molecule has 0 aromatic heterocycles. The van der Waals surface area contributed by atoms with E-state index in [1.807, 2.05) is 68.4 Å². The van der Waals surface area contributed by atoms with Crippen molar-refractivity contribution in [3.63, 3.8) is 0 Å². The lowest BCUT2D eigenvalue weighted by Crippen LogP contribution is -2.36. The molecule has 2 aliphatic rings. The summed E-state index contributed by atoms with van der Waals surface area (Å²) in [5, 5.41) is 3.39. The first-order valence-electron chi connectivity index (χ1n) is 14.3. The molecule has 222 valence electrons. The van der Waals surface area contributed by atoms with E-state index in [0.29, 0.717) is 47.6 Å². The second-order valence-corrected chi connectivity index (χ2v) is 10.6. The average Bonchev–Trinajstić information content (AvgIpc) is 3.00. The lowest BCUT2D eigenvalue weighted by Gasteiger charge is -2.37. The van der Waals surface area contributed by atoms with E-state index in [2.05, 4.69) is 5.32 Å². The van der Waals surface area contributed by atoms with E-state index in [-0.39, 0.29) is 24.1 Å². The fourth-order valence-corrected chi connectivity index (χ4v) is 5.77. The largest absolute Gasteiger partial charge is 0.497 e. The summed E-state index contributed by atoms with van der Waals surface area (Å²) in [6, 6.07) is 22.3. The minimum Gasteiger partial charge on any atom is -0.497 e. The van der Waals surface area contributed by atoms with E-state index in [1.165, 1.54) is 6.92 Å². The van der Waals surface area contributed by atoms with Gasteiger partial charge in [0.25, 0.3) is 0 Å². The van der Waals surface area contributed by atoms with Crippen LogP contribution >= 0.6 is 0 Å². The van der Waals surface area contributed by atoms with Gasteiger partial charge in [0.15, 0.2) is 17.3 Å². The summed E-state index contributed by atoms with van der Waals surface area (Å²) in [6.07, 6.45) is 0.885. The molecule has 3 aromatic carbocycles. The Balaban J connectivity index is 1.55. The summed E-state index contributed by atoms with van der Waals surface area (Å²) in [5.41, 5.74) is 4.84. The Labute approximate surface area is 251 Å². The number of ketones is 1. The number of allylic oxidation sites excluding steroid dienone is 3. The van der Waals surface area contributed by atoms with Gasteiger partial charge in [-0.2, -0.15) is 0 Å². The summed E-state index contributed by atoms with van der Waals surface area (Å²) in [6.45, 7) is 5.41. The van der Waals surface area contributed by atoms with Gasteiger partial charge in [0.05, 0.1) is 19.3 Å². The van der Waals surface area contributed by atoms with E-state index < -0.39 is 17.9 Å². The van der Waals surface area contributed by atoms with Gasteiger partial charge in [-0.25, -0.2) is 4.79 Å². The van der Waals surface area contributed by atoms with Gasteiger partial charge in [-0.3, -0.25) is 9.59 Å². The highest BCUT2D eigenvalue weighted by Gasteiger charge is 2.41. The van der Waals surface area contributed by atoms with Crippen LogP contribution in [0.5, 0.6) is 17.2 Å². The molecular weight excluding hydrogens is 546 g/mol. The molecule has 0 fully saturated rings. The molecule has 1 aliphatic carbocycles. The minimum absolute atomic E-state index is 0.0324. The summed E-state index contributed by atoms with van der Waals surface area (Å²) in [7, 11) is 1.62. The van der Waals surface area contributed by atoms with Crippen LogP contribution in [-0.4, -0.2) is 31.4 Å². The summed E-state index contributed by atoms with van der Waals surface area (Å²) in [5.74, 6) is -0.408. The van der Waals surface area contributed by atoms with Gasteiger partial charge >= 0.3 is 11.9 Å². The van der Waals surface area contributed by atoms with Gasteiger partial charge in [-0.15, -0.1) is 0 Å². The van der Waals surface area contributed by atoms with Gasteiger partial charge < -0.3 is 24.3 Å². The lowest BCUT2D eigenvalue weighted by atomic mass is 9.71. The number of hydrogen-bond acceptors (Lipinski definition) is 8. The van der Waals surface area contributed by atoms with Crippen molar-refractivity contribution >= 4 is 17.7 Å². The predicted octanol–water partition coefficient (Wildman–Crippen LogP) is 6.12. The molecule has 43 heavy (non-hydrogen) atoms. The molecular formula is C35H35NO7. The Morgan fingerprint density at radius 3 is 2.33 bits per heavy atom. The Hall–Kier alpha value is -4.85. The Morgan fingerprint density at radius 1 is 0.930 bits per heavy atom. The maximum Gasteiger partial charge on any atom is 0.337 e. The number of carbonyl (C=O) groups excluding carboxylic acids is 3. The number of methoxy groups -OCH3 is 1. The van der Waals surface area contributed by atoms with Crippen LogP contribution in [0, 0.1) is 0 Å². The SMILES string of the molecule is CCOc1cc([C@@H]2C(C(=O)OCc3ccccc3)=C(C)NC3=C2C(=O)C[C@H](c2ccc(OC)cc2)C3)ccc1OC(C)=O. The third kappa shape index (κ3) is 6.48. The van der Waals surface area contributed by atoms with E-state index in [0.717, 1.165) is 22.6 Å². The molecule has 1 N–H and O–H groups in total. The number of nitrogens with one attached hydrogen (secondary N) is 1. The normalized spacial score (nSPS) is 18.0. The zero-order chi connectivity index (χ0) is 30.5. The van der Waals surface area contributed by atoms with Gasteiger partial charge in [-0.1, -0.05) is 48.5 Å². The highest BCUT2D eigenvalue weighted by atomic mass is 16.6. The quantitative estimate of drug-likeness (QED) is 0.238. The van der Waals surface area contributed by atoms with Crippen LogP contribution in [-0.2, 0) is 25.7 Å². The molecule has 0 radical (unpaired) electrons. The lowest BCUT2D eigenvalue weighted by molar-refractivity contribution is -0.140. The number of carbonyl (C=O) groups is 3. The van der Waals surface area contributed by atoms with E-state index >= 15 is 0 Å². The number of dihydropyridines is 1. The van der Waals surface area contributed by atoms with Crippen molar-refractivity contribution < 1.29 is 33.3 Å². The molecule has 8 heteroatoms. The Bertz CT molecular complexity index is 1590. The molecule has 1 aliphatic heterocycles. The van der Waals surface area contributed by atoms with E-state index in [9.17, 15) is 14.4 Å². The molecule has 0 saturated carbocycles. The van der Waals surface area contributed by atoms with Crippen molar-refractivity contribution in [2.75, 3.05) is 13.7 Å². The highest BCUT2D eigenvalue weighted by molar-refractivity contribution is 6.04. The first kappa shape index (κ1) is 29.6. The second-order valence-electron chi connectivity index (χ2n) is 10.6. The van der Waals surface area contributed by atoms with Crippen molar-refractivity contribution in [2.24, 2.45) is 0 Å². The number of ether oxygens (including phenoxy) is 4. The Kier molecular flexibility index (Phi) is 8.95. The summed E-state index contributed by atoms with van der Waals surface area (Å²) >= 11 is 0. The van der Waals surface area contributed by atoms with Crippen molar-refractivity contribution in [2.45, 2.75) is 52.1 Å². The first-order chi connectivity index (χ1) is 20.8.